The first kappa shape index (κ1) is 14.2. The van der Waals surface area contributed by atoms with E-state index < -0.39 is 17.6 Å². The van der Waals surface area contributed by atoms with Gasteiger partial charge in [-0.3, -0.25) is 0 Å². The molecule has 0 aliphatic rings. The predicted molar refractivity (Wildman–Crippen MR) is 66.6 cm³/mol. The average Bonchev–Trinajstić information content (AvgIpc) is 2.40. The summed E-state index contributed by atoms with van der Waals surface area (Å²) in [5.41, 5.74) is 0.454. The molecule has 1 nitrogen and oxygen atoms in total. The van der Waals surface area contributed by atoms with Crippen LogP contribution >= 0.6 is 0 Å². The summed E-state index contributed by atoms with van der Waals surface area (Å²) < 4.78 is 50.9. The third kappa shape index (κ3) is 3.04. The second-order valence-corrected chi connectivity index (χ2v) is 4.25. The third-order valence-electron chi connectivity index (χ3n) is 2.90. The van der Waals surface area contributed by atoms with Gasteiger partial charge in [-0.05, 0) is 34.9 Å². The number of hydrogen-bond donors (Lipinski definition) is 0. The molecule has 0 atom stereocenters. The highest BCUT2D eigenvalue weighted by atomic mass is 19.4. The van der Waals surface area contributed by atoms with E-state index >= 15 is 0 Å². The Morgan fingerprint density at radius 3 is 2.05 bits per heavy atom. The first-order valence-corrected chi connectivity index (χ1v) is 5.81. The second kappa shape index (κ2) is 5.45. The van der Waals surface area contributed by atoms with Crippen LogP contribution in [-0.2, 0) is 17.4 Å². The Balaban J connectivity index is 2.32. The van der Waals surface area contributed by atoms with Crippen LogP contribution in [0.25, 0.3) is 11.1 Å². The van der Waals surface area contributed by atoms with Gasteiger partial charge < -0.3 is 4.79 Å². The SMILES string of the molecule is O=CCc1ccc(-c2ccc(C(F)(F)F)cc2)cc1F. The lowest BCUT2D eigenvalue weighted by molar-refractivity contribution is -0.137. The van der Waals surface area contributed by atoms with Gasteiger partial charge in [-0.15, -0.1) is 0 Å². The Labute approximate surface area is 112 Å². The van der Waals surface area contributed by atoms with Gasteiger partial charge in [-0.2, -0.15) is 13.2 Å². The minimum absolute atomic E-state index is 0.0286. The molecule has 0 bridgehead atoms. The first-order valence-electron chi connectivity index (χ1n) is 5.81. The molecule has 2 aromatic rings. The summed E-state index contributed by atoms with van der Waals surface area (Å²) in [5, 5.41) is 0. The van der Waals surface area contributed by atoms with E-state index in [4.69, 9.17) is 0 Å². The number of aldehydes is 1. The fourth-order valence-corrected chi connectivity index (χ4v) is 1.83. The highest BCUT2D eigenvalue weighted by Crippen LogP contribution is 2.31. The van der Waals surface area contributed by atoms with E-state index in [1.165, 1.54) is 24.3 Å². The quantitative estimate of drug-likeness (QED) is 0.607. The van der Waals surface area contributed by atoms with Crippen molar-refractivity contribution in [3.8, 4) is 11.1 Å². The molecule has 2 rings (SSSR count). The van der Waals surface area contributed by atoms with Crippen molar-refractivity contribution in [1.29, 1.82) is 0 Å². The number of halogens is 4. The van der Waals surface area contributed by atoms with Crippen LogP contribution in [-0.4, -0.2) is 6.29 Å². The molecule has 0 amide bonds. The second-order valence-electron chi connectivity index (χ2n) is 4.25. The van der Waals surface area contributed by atoms with Gasteiger partial charge in [-0.1, -0.05) is 24.3 Å². The zero-order chi connectivity index (χ0) is 14.8. The largest absolute Gasteiger partial charge is 0.416 e. The van der Waals surface area contributed by atoms with E-state index in [0.717, 1.165) is 12.1 Å². The van der Waals surface area contributed by atoms with Gasteiger partial charge in [0.2, 0.25) is 0 Å². The van der Waals surface area contributed by atoms with Crippen LogP contribution in [0.4, 0.5) is 17.6 Å². The Kier molecular flexibility index (Phi) is 3.88. The monoisotopic (exact) mass is 282 g/mol. The Morgan fingerprint density at radius 1 is 0.950 bits per heavy atom. The number of carbonyl (C=O) groups is 1. The molecule has 0 N–H and O–H groups in total. The summed E-state index contributed by atoms with van der Waals surface area (Å²) >= 11 is 0. The lowest BCUT2D eigenvalue weighted by Gasteiger charge is -2.08. The van der Waals surface area contributed by atoms with Crippen molar-refractivity contribution in [2.45, 2.75) is 12.6 Å². The van der Waals surface area contributed by atoms with E-state index in [-0.39, 0.29) is 12.0 Å². The molecule has 104 valence electrons. The van der Waals surface area contributed by atoms with Crippen molar-refractivity contribution in [2.75, 3.05) is 0 Å². The van der Waals surface area contributed by atoms with Gasteiger partial charge in [0, 0.05) is 6.42 Å². The fraction of sp³-hybridized carbons (Fsp3) is 0.133. The van der Waals surface area contributed by atoms with Crippen molar-refractivity contribution in [3.63, 3.8) is 0 Å². The maximum Gasteiger partial charge on any atom is 0.416 e. The van der Waals surface area contributed by atoms with Crippen LogP contribution in [0.5, 0.6) is 0 Å². The Bertz CT molecular complexity index is 615. The Morgan fingerprint density at radius 2 is 1.55 bits per heavy atom. The predicted octanol–water partition coefficient (Wildman–Crippen LogP) is 4.25. The zero-order valence-electron chi connectivity index (χ0n) is 10.2. The van der Waals surface area contributed by atoms with Crippen LogP contribution in [0, 0.1) is 5.82 Å². The number of carbonyl (C=O) groups excluding carboxylic acids is 1. The third-order valence-corrected chi connectivity index (χ3v) is 2.90. The molecule has 0 saturated heterocycles. The fourth-order valence-electron chi connectivity index (χ4n) is 1.83. The average molecular weight is 282 g/mol. The lowest BCUT2D eigenvalue weighted by Crippen LogP contribution is -2.04. The van der Waals surface area contributed by atoms with Gasteiger partial charge in [0.25, 0.3) is 0 Å². The van der Waals surface area contributed by atoms with Crippen molar-refractivity contribution in [3.05, 3.63) is 59.4 Å². The molecule has 2 aromatic carbocycles. The maximum atomic E-state index is 13.7. The lowest BCUT2D eigenvalue weighted by atomic mass is 10.0. The van der Waals surface area contributed by atoms with Gasteiger partial charge in [0.15, 0.2) is 0 Å². The molecular weight excluding hydrogens is 272 g/mol. The number of rotatable bonds is 3. The standard InChI is InChI=1S/C15H10F4O/c16-14-9-12(2-1-11(14)7-8-20)10-3-5-13(6-4-10)15(17,18)19/h1-6,8-9H,7H2. The zero-order valence-corrected chi connectivity index (χ0v) is 10.2. The minimum atomic E-state index is -4.39. The molecule has 0 spiro atoms. The minimum Gasteiger partial charge on any atom is -0.303 e. The molecule has 0 unspecified atom stereocenters. The summed E-state index contributed by atoms with van der Waals surface area (Å²) in [5.74, 6) is -0.547. The number of benzene rings is 2. The summed E-state index contributed by atoms with van der Waals surface area (Å²) in [7, 11) is 0. The van der Waals surface area contributed by atoms with Gasteiger partial charge in [-0.25, -0.2) is 4.39 Å². The normalized spacial score (nSPS) is 11.4. The van der Waals surface area contributed by atoms with Crippen LogP contribution < -0.4 is 0 Å². The van der Waals surface area contributed by atoms with Gasteiger partial charge in [0.05, 0.1) is 5.56 Å². The summed E-state index contributed by atoms with van der Waals surface area (Å²) in [4.78, 5) is 10.3. The topological polar surface area (TPSA) is 17.1 Å². The molecule has 0 aliphatic carbocycles. The van der Waals surface area contributed by atoms with Crippen LogP contribution in [0.3, 0.4) is 0 Å². The molecule has 0 aliphatic heterocycles. The van der Waals surface area contributed by atoms with E-state index in [2.05, 4.69) is 0 Å². The van der Waals surface area contributed by atoms with E-state index in [9.17, 15) is 22.4 Å². The molecular formula is C15H10F4O. The van der Waals surface area contributed by atoms with Crippen LogP contribution in [0.1, 0.15) is 11.1 Å². The van der Waals surface area contributed by atoms with Crippen molar-refractivity contribution in [1.82, 2.24) is 0 Å². The highest BCUT2D eigenvalue weighted by Gasteiger charge is 2.29. The van der Waals surface area contributed by atoms with E-state index in [1.807, 2.05) is 0 Å². The number of alkyl halides is 3. The molecule has 0 heterocycles. The van der Waals surface area contributed by atoms with Gasteiger partial charge >= 0.3 is 6.18 Å². The van der Waals surface area contributed by atoms with Crippen molar-refractivity contribution >= 4 is 6.29 Å². The molecule has 0 fully saturated rings. The maximum absolute atomic E-state index is 13.7. The summed E-state index contributed by atoms with van der Waals surface area (Å²) in [6, 6.07) is 8.72. The molecule has 5 heteroatoms. The summed E-state index contributed by atoms with van der Waals surface area (Å²) in [6.07, 6.45) is -3.83. The number of hydrogen-bond acceptors (Lipinski definition) is 1. The van der Waals surface area contributed by atoms with Crippen LogP contribution in [0.15, 0.2) is 42.5 Å². The van der Waals surface area contributed by atoms with E-state index in [1.54, 1.807) is 6.07 Å². The summed E-state index contributed by atoms with van der Waals surface area (Å²) in [6.45, 7) is 0. The smallest absolute Gasteiger partial charge is 0.303 e. The van der Waals surface area contributed by atoms with E-state index in [0.29, 0.717) is 17.4 Å². The van der Waals surface area contributed by atoms with Crippen LogP contribution in [0.2, 0.25) is 0 Å². The Hall–Kier alpha value is -2.17. The first-order chi connectivity index (χ1) is 9.41. The van der Waals surface area contributed by atoms with Gasteiger partial charge in [0.1, 0.15) is 12.1 Å². The molecule has 0 aromatic heterocycles. The molecule has 0 saturated carbocycles. The van der Waals surface area contributed by atoms with Crippen molar-refractivity contribution < 1.29 is 22.4 Å². The molecule has 0 radical (unpaired) electrons. The molecule has 20 heavy (non-hydrogen) atoms. The van der Waals surface area contributed by atoms with Crippen molar-refractivity contribution in [2.24, 2.45) is 0 Å². The highest BCUT2D eigenvalue weighted by molar-refractivity contribution is 5.65.